The average molecular weight is 536 g/mol. The summed E-state index contributed by atoms with van der Waals surface area (Å²) in [4.78, 5) is 18.3. The van der Waals surface area contributed by atoms with Crippen LogP contribution in [0.2, 0.25) is 0 Å². The van der Waals surface area contributed by atoms with Crippen LogP contribution < -0.4 is 10.6 Å². The number of ether oxygens (including phenoxy) is 1. The zero-order valence-electron chi connectivity index (χ0n) is 18.4. The van der Waals surface area contributed by atoms with E-state index in [4.69, 9.17) is 4.74 Å². The van der Waals surface area contributed by atoms with E-state index in [9.17, 15) is 4.79 Å². The van der Waals surface area contributed by atoms with Crippen molar-refractivity contribution in [2.75, 3.05) is 27.2 Å². The summed E-state index contributed by atoms with van der Waals surface area (Å²) in [6.07, 6.45) is 4.02. The van der Waals surface area contributed by atoms with Gasteiger partial charge in [0.05, 0.1) is 12.7 Å². The van der Waals surface area contributed by atoms with Crippen LogP contribution in [0.25, 0.3) is 0 Å². The van der Waals surface area contributed by atoms with Crippen molar-refractivity contribution in [2.45, 2.75) is 38.9 Å². The first-order chi connectivity index (χ1) is 14.7. The Kier molecular flexibility index (Phi) is 10.8. The van der Waals surface area contributed by atoms with Gasteiger partial charge in [0.1, 0.15) is 0 Å². The van der Waals surface area contributed by atoms with E-state index in [-0.39, 0.29) is 29.9 Å². The number of likely N-dealkylation sites (tertiary alicyclic amines) is 1. The Hall–Kier alpha value is -2.13. The van der Waals surface area contributed by atoms with Crippen LogP contribution in [0.15, 0.2) is 53.5 Å². The SMILES string of the molecule is CN=C(NCc1ccc(CN2CCCCC2)cc1)NCc1ccc(C(=O)OC)cc1.I. The molecule has 0 saturated carbocycles. The molecule has 1 heterocycles. The van der Waals surface area contributed by atoms with Gasteiger partial charge in [0.15, 0.2) is 5.96 Å². The predicted octanol–water partition coefficient (Wildman–Crippen LogP) is 3.94. The maximum atomic E-state index is 11.5. The highest BCUT2D eigenvalue weighted by Crippen LogP contribution is 2.13. The van der Waals surface area contributed by atoms with Gasteiger partial charge < -0.3 is 15.4 Å². The Morgan fingerprint density at radius 2 is 1.42 bits per heavy atom. The van der Waals surface area contributed by atoms with Crippen LogP contribution in [0.5, 0.6) is 0 Å². The minimum atomic E-state index is -0.325. The minimum Gasteiger partial charge on any atom is -0.465 e. The number of benzene rings is 2. The summed E-state index contributed by atoms with van der Waals surface area (Å²) in [5.41, 5.74) is 4.21. The second-order valence-electron chi connectivity index (χ2n) is 7.62. The number of aliphatic imine (C=N–C) groups is 1. The first-order valence-electron chi connectivity index (χ1n) is 10.6. The van der Waals surface area contributed by atoms with Crippen LogP contribution >= 0.6 is 24.0 Å². The molecule has 0 aliphatic carbocycles. The van der Waals surface area contributed by atoms with Crippen LogP contribution in [0, 0.1) is 0 Å². The Morgan fingerprint density at radius 3 is 1.94 bits per heavy atom. The lowest BCUT2D eigenvalue weighted by atomic mass is 10.1. The van der Waals surface area contributed by atoms with Crippen molar-refractivity contribution in [2.24, 2.45) is 4.99 Å². The molecule has 3 rings (SSSR count). The number of halogens is 1. The highest BCUT2D eigenvalue weighted by Gasteiger charge is 2.10. The Balaban J connectivity index is 0.00000341. The Bertz CT molecular complexity index is 832. The molecule has 0 aromatic heterocycles. The van der Waals surface area contributed by atoms with Crippen LogP contribution in [-0.4, -0.2) is 44.1 Å². The molecule has 2 aromatic carbocycles. The van der Waals surface area contributed by atoms with Gasteiger partial charge in [-0.05, 0) is 54.8 Å². The maximum absolute atomic E-state index is 11.5. The lowest BCUT2D eigenvalue weighted by Gasteiger charge is -2.26. The quantitative estimate of drug-likeness (QED) is 0.243. The number of guanidine groups is 1. The van der Waals surface area contributed by atoms with Crippen molar-refractivity contribution in [3.63, 3.8) is 0 Å². The van der Waals surface area contributed by atoms with Gasteiger partial charge in [-0.1, -0.05) is 42.8 Å². The number of esters is 1. The molecule has 0 spiro atoms. The van der Waals surface area contributed by atoms with E-state index in [1.807, 2.05) is 12.1 Å². The molecule has 0 atom stereocenters. The first-order valence-corrected chi connectivity index (χ1v) is 10.6. The molecule has 168 valence electrons. The second kappa shape index (κ2) is 13.3. The van der Waals surface area contributed by atoms with Gasteiger partial charge in [-0.25, -0.2) is 4.79 Å². The number of piperidine rings is 1. The van der Waals surface area contributed by atoms with E-state index < -0.39 is 0 Å². The topological polar surface area (TPSA) is 66.0 Å². The van der Waals surface area contributed by atoms with Crippen molar-refractivity contribution in [1.82, 2.24) is 15.5 Å². The zero-order valence-corrected chi connectivity index (χ0v) is 20.7. The summed E-state index contributed by atoms with van der Waals surface area (Å²) in [6.45, 7) is 4.82. The molecule has 2 aromatic rings. The molecule has 0 bridgehead atoms. The lowest BCUT2D eigenvalue weighted by Crippen LogP contribution is -2.36. The van der Waals surface area contributed by atoms with Gasteiger partial charge in [0, 0.05) is 26.7 Å². The maximum Gasteiger partial charge on any atom is 0.337 e. The van der Waals surface area contributed by atoms with E-state index in [0.29, 0.717) is 18.7 Å². The molecule has 0 amide bonds. The Labute approximate surface area is 202 Å². The number of hydrogen-bond donors (Lipinski definition) is 2. The van der Waals surface area contributed by atoms with Gasteiger partial charge in [0.25, 0.3) is 0 Å². The molecule has 1 aliphatic rings. The van der Waals surface area contributed by atoms with Crippen LogP contribution in [-0.2, 0) is 24.4 Å². The van der Waals surface area contributed by atoms with E-state index >= 15 is 0 Å². The molecule has 0 unspecified atom stereocenters. The number of methoxy groups -OCH3 is 1. The average Bonchev–Trinajstić information content (AvgIpc) is 2.80. The first kappa shape index (κ1) is 25.1. The molecule has 1 saturated heterocycles. The van der Waals surface area contributed by atoms with Gasteiger partial charge in [-0.2, -0.15) is 0 Å². The monoisotopic (exact) mass is 536 g/mol. The van der Waals surface area contributed by atoms with Gasteiger partial charge in [-0.15, -0.1) is 24.0 Å². The van der Waals surface area contributed by atoms with Gasteiger partial charge in [0.2, 0.25) is 0 Å². The minimum absolute atomic E-state index is 0. The third-order valence-electron chi connectivity index (χ3n) is 5.40. The predicted molar refractivity (Wildman–Crippen MR) is 136 cm³/mol. The largest absolute Gasteiger partial charge is 0.465 e. The standard InChI is InChI=1S/C24H32N4O2.HI/c1-25-24(27-17-20-10-12-22(13-11-20)23(29)30-2)26-16-19-6-8-21(9-7-19)18-28-14-4-3-5-15-28;/h6-13H,3-5,14-18H2,1-2H3,(H2,25,26,27);1H. The zero-order chi connectivity index (χ0) is 21.2. The third kappa shape index (κ3) is 8.14. The molecule has 7 heteroatoms. The summed E-state index contributed by atoms with van der Waals surface area (Å²) in [5.74, 6) is 0.415. The third-order valence-corrected chi connectivity index (χ3v) is 5.40. The number of carbonyl (C=O) groups is 1. The van der Waals surface area contributed by atoms with Crippen LogP contribution in [0.1, 0.15) is 46.3 Å². The van der Waals surface area contributed by atoms with Crippen molar-refractivity contribution in [3.05, 3.63) is 70.8 Å². The summed E-state index contributed by atoms with van der Waals surface area (Å²) in [7, 11) is 3.15. The molecule has 31 heavy (non-hydrogen) atoms. The summed E-state index contributed by atoms with van der Waals surface area (Å²) in [5, 5.41) is 6.65. The van der Waals surface area contributed by atoms with Crippen molar-refractivity contribution in [3.8, 4) is 0 Å². The molecule has 1 fully saturated rings. The smallest absolute Gasteiger partial charge is 0.337 e. The molecular weight excluding hydrogens is 503 g/mol. The summed E-state index contributed by atoms with van der Waals surface area (Å²) >= 11 is 0. The number of hydrogen-bond acceptors (Lipinski definition) is 4. The summed E-state index contributed by atoms with van der Waals surface area (Å²) in [6, 6.07) is 16.2. The molecule has 1 aliphatic heterocycles. The van der Waals surface area contributed by atoms with Crippen molar-refractivity contribution in [1.29, 1.82) is 0 Å². The van der Waals surface area contributed by atoms with Crippen LogP contribution in [0.3, 0.4) is 0 Å². The molecular formula is C24H33IN4O2. The number of rotatable bonds is 7. The van der Waals surface area contributed by atoms with Crippen molar-refractivity contribution >= 4 is 35.9 Å². The van der Waals surface area contributed by atoms with Gasteiger partial charge >= 0.3 is 5.97 Å². The molecule has 6 nitrogen and oxygen atoms in total. The fourth-order valence-corrected chi connectivity index (χ4v) is 3.61. The van der Waals surface area contributed by atoms with E-state index in [2.05, 4.69) is 44.8 Å². The van der Waals surface area contributed by atoms with E-state index in [0.717, 1.165) is 18.1 Å². The Morgan fingerprint density at radius 1 is 0.903 bits per heavy atom. The number of nitrogens with one attached hydrogen (secondary N) is 2. The number of nitrogens with zero attached hydrogens (tertiary/aromatic N) is 2. The fraction of sp³-hybridized carbons (Fsp3) is 0.417. The fourth-order valence-electron chi connectivity index (χ4n) is 3.61. The second-order valence-corrected chi connectivity index (χ2v) is 7.62. The van der Waals surface area contributed by atoms with Gasteiger partial charge in [-0.3, -0.25) is 9.89 Å². The van der Waals surface area contributed by atoms with E-state index in [1.165, 1.54) is 50.6 Å². The normalized spacial score (nSPS) is 14.5. The molecule has 0 radical (unpaired) electrons. The van der Waals surface area contributed by atoms with E-state index in [1.54, 1.807) is 19.2 Å². The lowest BCUT2D eigenvalue weighted by molar-refractivity contribution is 0.0600. The summed E-state index contributed by atoms with van der Waals surface area (Å²) < 4.78 is 4.72. The molecule has 2 N–H and O–H groups in total. The van der Waals surface area contributed by atoms with Crippen LogP contribution in [0.4, 0.5) is 0 Å². The number of carbonyl (C=O) groups excluding carboxylic acids is 1. The highest BCUT2D eigenvalue weighted by molar-refractivity contribution is 14.0. The highest BCUT2D eigenvalue weighted by atomic mass is 127. The van der Waals surface area contributed by atoms with Crippen molar-refractivity contribution < 1.29 is 9.53 Å².